The van der Waals surface area contributed by atoms with Crippen molar-refractivity contribution >= 4 is 17.7 Å². The molecule has 0 aromatic heterocycles. The first-order valence-corrected chi connectivity index (χ1v) is 7.45. The second kappa shape index (κ2) is 6.81. The van der Waals surface area contributed by atoms with E-state index in [1.165, 1.54) is 5.56 Å². The van der Waals surface area contributed by atoms with Gasteiger partial charge in [0.1, 0.15) is 0 Å². The van der Waals surface area contributed by atoms with Gasteiger partial charge in [0.25, 0.3) is 0 Å². The van der Waals surface area contributed by atoms with Crippen molar-refractivity contribution in [3.8, 4) is 0 Å². The lowest BCUT2D eigenvalue weighted by atomic mass is 10.1. The lowest BCUT2D eigenvalue weighted by Crippen LogP contribution is -2.27. The molecule has 1 aliphatic heterocycles. The van der Waals surface area contributed by atoms with Gasteiger partial charge in [-0.2, -0.15) is 11.8 Å². The Bertz CT molecular complexity index is 383. The fourth-order valence-corrected chi connectivity index (χ4v) is 3.05. The highest BCUT2D eigenvalue weighted by Gasteiger charge is 2.28. The Hall–Kier alpha value is -1.00. The second-order valence-electron chi connectivity index (χ2n) is 4.63. The van der Waals surface area contributed by atoms with Gasteiger partial charge in [-0.25, -0.2) is 0 Å². The van der Waals surface area contributed by atoms with Gasteiger partial charge in [-0.05, 0) is 5.56 Å². The topological polar surface area (TPSA) is 40.5 Å². The van der Waals surface area contributed by atoms with Crippen LogP contribution in [-0.4, -0.2) is 41.4 Å². The molecule has 18 heavy (non-hydrogen) atoms. The molecule has 4 heteroatoms. The number of hydrogen-bond acceptors (Lipinski definition) is 3. The van der Waals surface area contributed by atoms with E-state index in [0.29, 0.717) is 6.42 Å². The van der Waals surface area contributed by atoms with Gasteiger partial charge in [-0.3, -0.25) is 4.79 Å². The van der Waals surface area contributed by atoms with E-state index in [1.54, 1.807) is 0 Å². The monoisotopic (exact) mass is 265 g/mol. The van der Waals surface area contributed by atoms with Crippen LogP contribution < -0.4 is 0 Å². The molecule has 1 amide bonds. The average Bonchev–Trinajstić information content (AvgIpc) is 2.77. The van der Waals surface area contributed by atoms with Gasteiger partial charge in [-0.15, -0.1) is 0 Å². The van der Waals surface area contributed by atoms with Crippen LogP contribution in [0.25, 0.3) is 0 Å². The summed E-state index contributed by atoms with van der Waals surface area (Å²) in [5.41, 5.74) is 1.32. The van der Waals surface area contributed by atoms with Gasteiger partial charge >= 0.3 is 0 Å². The van der Waals surface area contributed by atoms with Crippen molar-refractivity contribution < 1.29 is 9.90 Å². The molecule has 0 spiro atoms. The number of carbonyl (C=O) groups excluding carboxylic acids is 1. The maximum atomic E-state index is 11.6. The van der Waals surface area contributed by atoms with Gasteiger partial charge in [0.15, 0.2) is 0 Å². The quantitative estimate of drug-likeness (QED) is 0.797. The van der Waals surface area contributed by atoms with E-state index in [0.717, 1.165) is 24.6 Å². The lowest BCUT2D eigenvalue weighted by Gasteiger charge is -2.15. The Labute approximate surface area is 112 Å². The van der Waals surface area contributed by atoms with Gasteiger partial charge in [0, 0.05) is 43.5 Å². The number of aliphatic hydroxyl groups excluding tert-OH is 1. The Kier molecular flexibility index (Phi) is 5.08. The standard InChI is InChI=1S/C14H19NO2S/c16-10-13-8-14(17)15(9-13)6-7-18-11-12-4-2-1-3-5-12/h1-5,13,16H,6-11H2. The molecule has 0 saturated carbocycles. The van der Waals surface area contributed by atoms with Gasteiger partial charge in [0.2, 0.25) is 5.91 Å². The average molecular weight is 265 g/mol. The van der Waals surface area contributed by atoms with E-state index in [9.17, 15) is 4.79 Å². The highest BCUT2D eigenvalue weighted by Crippen LogP contribution is 2.18. The van der Waals surface area contributed by atoms with Gasteiger partial charge < -0.3 is 10.0 Å². The number of rotatable bonds is 6. The molecular formula is C14H19NO2S. The maximum absolute atomic E-state index is 11.6. The van der Waals surface area contributed by atoms with Crippen molar-refractivity contribution in [2.75, 3.05) is 25.4 Å². The molecule has 1 aliphatic rings. The third-order valence-corrected chi connectivity index (χ3v) is 4.18. The SMILES string of the molecule is O=C1CC(CO)CN1CCSCc1ccccc1. The maximum Gasteiger partial charge on any atom is 0.223 e. The third-order valence-electron chi connectivity index (χ3n) is 3.17. The normalized spacial score (nSPS) is 19.5. The first-order valence-electron chi connectivity index (χ1n) is 6.30. The number of amides is 1. The van der Waals surface area contributed by atoms with Gasteiger partial charge in [0.05, 0.1) is 0 Å². The van der Waals surface area contributed by atoms with E-state index in [1.807, 2.05) is 34.9 Å². The molecule has 0 aliphatic carbocycles. The van der Waals surface area contributed by atoms with Crippen LogP contribution in [-0.2, 0) is 10.5 Å². The molecule has 1 fully saturated rings. The lowest BCUT2D eigenvalue weighted by molar-refractivity contribution is -0.127. The molecule has 1 N–H and O–H groups in total. The van der Waals surface area contributed by atoms with E-state index in [4.69, 9.17) is 5.11 Å². The molecule has 0 radical (unpaired) electrons. The summed E-state index contributed by atoms with van der Waals surface area (Å²) in [4.78, 5) is 13.5. The molecule has 1 aromatic rings. The number of likely N-dealkylation sites (tertiary alicyclic amines) is 1. The molecule has 2 rings (SSSR count). The van der Waals surface area contributed by atoms with Crippen molar-refractivity contribution in [3.63, 3.8) is 0 Å². The van der Waals surface area contributed by atoms with Crippen LogP contribution in [0.5, 0.6) is 0 Å². The second-order valence-corrected chi connectivity index (χ2v) is 5.74. The smallest absolute Gasteiger partial charge is 0.223 e. The summed E-state index contributed by atoms with van der Waals surface area (Å²) in [6.07, 6.45) is 0.514. The summed E-state index contributed by atoms with van der Waals surface area (Å²) in [6.45, 7) is 1.65. The Morgan fingerprint density at radius 2 is 2.11 bits per heavy atom. The van der Waals surface area contributed by atoms with Crippen molar-refractivity contribution in [3.05, 3.63) is 35.9 Å². The van der Waals surface area contributed by atoms with Crippen molar-refractivity contribution in [1.29, 1.82) is 0 Å². The summed E-state index contributed by atoms with van der Waals surface area (Å²) >= 11 is 1.85. The fraction of sp³-hybridized carbons (Fsp3) is 0.500. The number of benzene rings is 1. The van der Waals surface area contributed by atoms with Crippen LogP contribution >= 0.6 is 11.8 Å². The number of carbonyl (C=O) groups is 1. The number of hydrogen-bond donors (Lipinski definition) is 1. The minimum Gasteiger partial charge on any atom is -0.396 e. The van der Waals surface area contributed by atoms with E-state index >= 15 is 0 Å². The molecule has 1 saturated heterocycles. The predicted octanol–water partition coefficient (Wildman–Crippen LogP) is 1.76. The minimum atomic E-state index is 0.124. The summed E-state index contributed by atoms with van der Waals surface area (Å²) < 4.78 is 0. The van der Waals surface area contributed by atoms with Crippen LogP contribution in [0.1, 0.15) is 12.0 Å². The molecule has 1 unspecified atom stereocenters. The first-order chi connectivity index (χ1) is 8.79. The summed E-state index contributed by atoms with van der Waals surface area (Å²) in [6, 6.07) is 10.4. The molecule has 1 atom stereocenters. The zero-order chi connectivity index (χ0) is 12.8. The Balaban J connectivity index is 1.65. The largest absolute Gasteiger partial charge is 0.396 e. The molecule has 98 valence electrons. The Morgan fingerprint density at radius 1 is 1.33 bits per heavy atom. The third kappa shape index (κ3) is 3.75. The highest BCUT2D eigenvalue weighted by molar-refractivity contribution is 7.98. The molecule has 0 bridgehead atoms. The summed E-state index contributed by atoms with van der Waals surface area (Å²) in [7, 11) is 0. The van der Waals surface area contributed by atoms with Crippen molar-refractivity contribution in [2.45, 2.75) is 12.2 Å². The molecular weight excluding hydrogens is 246 g/mol. The van der Waals surface area contributed by atoms with Crippen LogP contribution in [0, 0.1) is 5.92 Å². The van der Waals surface area contributed by atoms with Gasteiger partial charge in [-0.1, -0.05) is 30.3 Å². The van der Waals surface area contributed by atoms with Crippen molar-refractivity contribution in [1.82, 2.24) is 4.90 Å². The van der Waals surface area contributed by atoms with E-state index in [2.05, 4.69) is 12.1 Å². The Morgan fingerprint density at radius 3 is 2.78 bits per heavy atom. The van der Waals surface area contributed by atoms with Crippen LogP contribution in [0.15, 0.2) is 30.3 Å². The molecule has 1 aromatic carbocycles. The summed E-state index contributed by atoms with van der Waals surface area (Å²) in [5, 5.41) is 9.04. The molecule has 3 nitrogen and oxygen atoms in total. The minimum absolute atomic E-state index is 0.124. The van der Waals surface area contributed by atoms with Crippen LogP contribution in [0.4, 0.5) is 0 Å². The zero-order valence-corrected chi connectivity index (χ0v) is 11.2. The number of thioether (sulfide) groups is 1. The predicted molar refractivity (Wildman–Crippen MR) is 74.4 cm³/mol. The first kappa shape index (κ1) is 13.4. The van der Waals surface area contributed by atoms with Crippen molar-refractivity contribution in [2.24, 2.45) is 5.92 Å². The fourth-order valence-electron chi connectivity index (χ4n) is 2.13. The summed E-state index contributed by atoms with van der Waals surface area (Å²) in [5.74, 6) is 2.29. The number of aliphatic hydroxyl groups is 1. The highest BCUT2D eigenvalue weighted by atomic mass is 32.2. The van der Waals surface area contributed by atoms with E-state index in [-0.39, 0.29) is 18.4 Å². The van der Waals surface area contributed by atoms with Crippen LogP contribution in [0.2, 0.25) is 0 Å². The molecule has 1 heterocycles. The van der Waals surface area contributed by atoms with Crippen LogP contribution in [0.3, 0.4) is 0 Å². The number of nitrogens with zero attached hydrogens (tertiary/aromatic N) is 1. The van der Waals surface area contributed by atoms with E-state index < -0.39 is 0 Å². The zero-order valence-electron chi connectivity index (χ0n) is 10.4.